The van der Waals surface area contributed by atoms with Crippen LogP contribution in [0.5, 0.6) is 0 Å². The van der Waals surface area contributed by atoms with Gasteiger partial charge in [0.1, 0.15) is 11.0 Å². The van der Waals surface area contributed by atoms with Gasteiger partial charge in [0.15, 0.2) is 23.1 Å². The molecule has 0 fully saturated rings. The molecular formula is C10H8Cl2N10. The van der Waals surface area contributed by atoms with E-state index in [1.54, 1.807) is 0 Å². The Kier molecular flexibility index (Phi) is 3.61. The molecule has 0 aliphatic carbocycles. The first kappa shape index (κ1) is 14.2. The average Bonchev–Trinajstić information content (AvgIpc) is 3.04. The molecule has 0 bridgehead atoms. The van der Waals surface area contributed by atoms with Crippen LogP contribution in [0, 0.1) is 0 Å². The van der Waals surface area contributed by atoms with Crippen LogP contribution in [0.15, 0.2) is 12.5 Å². The van der Waals surface area contributed by atoms with Gasteiger partial charge in [-0.3, -0.25) is 0 Å². The quantitative estimate of drug-likeness (QED) is 0.347. The van der Waals surface area contributed by atoms with Crippen LogP contribution in [-0.2, 0) is 0 Å². The highest BCUT2D eigenvalue weighted by molar-refractivity contribution is 6.28. The number of halogens is 2. The monoisotopic (exact) mass is 338 g/mol. The van der Waals surface area contributed by atoms with Crippen LogP contribution in [0.1, 0.15) is 0 Å². The summed E-state index contributed by atoms with van der Waals surface area (Å²) in [6.45, 7) is 0. The number of nitrogens with one attached hydrogen (secondary N) is 2. The minimum absolute atomic E-state index is 0.113. The van der Waals surface area contributed by atoms with Crippen molar-refractivity contribution in [2.24, 2.45) is 0 Å². The predicted molar refractivity (Wildman–Crippen MR) is 82.2 cm³/mol. The fourth-order valence-corrected chi connectivity index (χ4v) is 1.93. The van der Waals surface area contributed by atoms with Crippen molar-refractivity contribution >= 4 is 57.3 Å². The van der Waals surface area contributed by atoms with Gasteiger partial charge >= 0.3 is 0 Å². The molecule has 0 saturated heterocycles. The van der Waals surface area contributed by atoms with E-state index in [-0.39, 0.29) is 10.6 Å². The lowest BCUT2D eigenvalue weighted by molar-refractivity contribution is 1.20. The zero-order valence-corrected chi connectivity index (χ0v) is 12.3. The van der Waals surface area contributed by atoms with E-state index in [1.165, 1.54) is 12.5 Å². The molecule has 0 aliphatic heterocycles. The zero-order chi connectivity index (χ0) is 15.7. The molecule has 10 nitrogen and oxygen atoms in total. The number of hydrogen-bond acceptors (Lipinski definition) is 8. The van der Waals surface area contributed by atoms with Crippen LogP contribution in [-0.4, -0.2) is 39.9 Å². The van der Waals surface area contributed by atoms with E-state index < -0.39 is 0 Å². The molecule has 0 amide bonds. The van der Waals surface area contributed by atoms with E-state index in [0.717, 1.165) is 0 Å². The standard InChI is InChI=1S/2C5H4ClN5/c6-5-10-3(7)2-4(11-5)9-1-8-2;6-4-8-1-2-3(10-4)11-5(7)9-2/h2*1H,(H3,7,8,9,10,11). The van der Waals surface area contributed by atoms with Gasteiger partial charge in [0.05, 0.1) is 12.5 Å². The Morgan fingerprint density at radius 1 is 0.909 bits per heavy atom. The van der Waals surface area contributed by atoms with Crippen molar-refractivity contribution < 1.29 is 0 Å². The Hall–Kier alpha value is -2.72. The maximum atomic E-state index is 5.52. The van der Waals surface area contributed by atoms with E-state index in [4.69, 9.17) is 34.7 Å². The van der Waals surface area contributed by atoms with Crippen molar-refractivity contribution in [1.29, 1.82) is 0 Å². The Bertz CT molecular complexity index is 945. The molecular weight excluding hydrogens is 331 g/mol. The first-order chi connectivity index (χ1) is 10.5. The fraction of sp³-hybridized carbons (Fsp3) is 0. The lowest BCUT2D eigenvalue weighted by atomic mass is 10.5. The van der Waals surface area contributed by atoms with Crippen molar-refractivity contribution in [2.75, 3.05) is 11.5 Å². The van der Waals surface area contributed by atoms with Gasteiger partial charge in [0, 0.05) is 0 Å². The zero-order valence-electron chi connectivity index (χ0n) is 10.7. The summed E-state index contributed by atoms with van der Waals surface area (Å²) in [5.74, 6) is 0.633. The number of nitrogens with zero attached hydrogens (tertiary/aromatic N) is 6. The number of imidazole rings is 2. The van der Waals surface area contributed by atoms with Gasteiger partial charge in [-0.15, -0.1) is 0 Å². The second-order valence-corrected chi connectivity index (χ2v) is 4.65. The topological polar surface area (TPSA) is 161 Å². The van der Waals surface area contributed by atoms with Gasteiger partial charge < -0.3 is 21.4 Å². The molecule has 0 radical (unpaired) electrons. The van der Waals surface area contributed by atoms with Crippen LogP contribution >= 0.6 is 23.2 Å². The minimum Gasteiger partial charge on any atom is -0.382 e. The van der Waals surface area contributed by atoms with E-state index in [2.05, 4.69) is 39.9 Å². The second kappa shape index (κ2) is 5.58. The number of nitrogens with two attached hydrogens (primary N) is 2. The molecule has 0 saturated carbocycles. The van der Waals surface area contributed by atoms with Gasteiger partial charge in [-0.1, -0.05) is 0 Å². The van der Waals surface area contributed by atoms with Crippen LogP contribution in [0.2, 0.25) is 10.6 Å². The molecule has 0 unspecified atom stereocenters. The summed E-state index contributed by atoms with van der Waals surface area (Å²) in [6.07, 6.45) is 3.03. The van der Waals surface area contributed by atoms with Crippen molar-refractivity contribution in [3.63, 3.8) is 0 Å². The summed E-state index contributed by atoms with van der Waals surface area (Å²) in [5, 5.41) is 0.283. The molecule has 0 atom stereocenters. The van der Waals surface area contributed by atoms with E-state index in [1.807, 2.05) is 0 Å². The molecule has 22 heavy (non-hydrogen) atoms. The minimum atomic E-state index is 0.113. The molecule has 4 aromatic heterocycles. The molecule has 0 aliphatic rings. The van der Waals surface area contributed by atoms with Crippen LogP contribution < -0.4 is 11.5 Å². The summed E-state index contributed by atoms with van der Waals surface area (Å²) >= 11 is 11.0. The van der Waals surface area contributed by atoms with E-state index in [0.29, 0.717) is 34.1 Å². The second-order valence-electron chi connectivity index (χ2n) is 3.98. The third-order valence-electron chi connectivity index (χ3n) is 2.51. The van der Waals surface area contributed by atoms with E-state index in [9.17, 15) is 0 Å². The third kappa shape index (κ3) is 2.82. The Morgan fingerprint density at radius 2 is 1.68 bits per heavy atom. The molecule has 112 valence electrons. The fourth-order valence-electron chi connectivity index (χ4n) is 1.63. The highest BCUT2D eigenvalue weighted by Gasteiger charge is 2.04. The SMILES string of the molecule is Nc1nc(Cl)nc2nc[nH]c12.Nc1nc2nc(Cl)ncc2[nH]1. The molecule has 12 heteroatoms. The Morgan fingerprint density at radius 3 is 2.50 bits per heavy atom. The smallest absolute Gasteiger partial charge is 0.226 e. The molecule has 4 rings (SSSR count). The summed E-state index contributed by atoms with van der Waals surface area (Å²) < 4.78 is 0. The number of anilines is 2. The largest absolute Gasteiger partial charge is 0.382 e. The number of hydrogen-bond donors (Lipinski definition) is 4. The lowest BCUT2D eigenvalue weighted by Gasteiger charge is -1.92. The summed E-state index contributed by atoms with van der Waals surface area (Å²) in [6, 6.07) is 0. The highest BCUT2D eigenvalue weighted by Crippen LogP contribution is 2.14. The number of aromatic amines is 2. The van der Waals surface area contributed by atoms with Crippen LogP contribution in [0.25, 0.3) is 22.3 Å². The predicted octanol–water partition coefficient (Wildman–Crippen LogP) is 1.18. The van der Waals surface area contributed by atoms with Gasteiger partial charge in [-0.25, -0.2) is 9.97 Å². The summed E-state index contributed by atoms with van der Waals surface area (Å²) in [7, 11) is 0. The molecule has 4 heterocycles. The molecule has 0 aromatic carbocycles. The van der Waals surface area contributed by atoms with Gasteiger partial charge in [-0.05, 0) is 23.2 Å². The number of rotatable bonds is 0. The number of H-pyrrole nitrogens is 2. The maximum absolute atomic E-state index is 5.52. The average molecular weight is 339 g/mol. The van der Waals surface area contributed by atoms with Gasteiger partial charge in [0.2, 0.25) is 10.6 Å². The Balaban J connectivity index is 0.000000131. The van der Waals surface area contributed by atoms with E-state index >= 15 is 0 Å². The summed E-state index contributed by atoms with van der Waals surface area (Å²) in [4.78, 5) is 28.4. The number of fused-ring (bicyclic) bond motifs is 2. The lowest BCUT2D eigenvalue weighted by Crippen LogP contribution is -1.93. The highest BCUT2D eigenvalue weighted by atomic mass is 35.5. The van der Waals surface area contributed by atoms with Gasteiger partial charge in [0.25, 0.3) is 0 Å². The van der Waals surface area contributed by atoms with Crippen LogP contribution in [0.4, 0.5) is 11.8 Å². The molecule has 0 spiro atoms. The van der Waals surface area contributed by atoms with Crippen molar-refractivity contribution in [2.45, 2.75) is 0 Å². The first-order valence-corrected chi connectivity index (χ1v) is 6.54. The maximum Gasteiger partial charge on any atom is 0.226 e. The van der Waals surface area contributed by atoms with Gasteiger partial charge in [-0.2, -0.15) is 19.9 Å². The third-order valence-corrected chi connectivity index (χ3v) is 2.87. The normalized spacial score (nSPS) is 10.6. The van der Waals surface area contributed by atoms with Crippen molar-refractivity contribution in [3.8, 4) is 0 Å². The van der Waals surface area contributed by atoms with Crippen molar-refractivity contribution in [1.82, 2.24) is 39.9 Å². The number of nitrogen functional groups attached to an aromatic ring is 2. The Labute approximate surface area is 132 Å². The first-order valence-electron chi connectivity index (χ1n) is 5.79. The van der Waals surface area contributed by atoms with Crippen molar-refractivity contribution in [3.05, 3.63) is 23.1 Å². The number of aromatic nitrogens is 8. The summed E-state index contributed by atoms with van der Waals surface area (Å²) in [5.41, 5.74) is 13.1. The van der Waals surface area contributed by atoms with Crippen LogP contribution in [0.3, 0.4) is 0 Å². The molecule has 4 aromatic rings. The molecule has 6 N–H and O–H groups in total.